The molecule has 0 radical (unpaired) electrons. The fourth-order valence-corrected chi connectivity index (χ4v) is 5.61. The molecule has 0 fully saturated rings. The van der Waals surface area contributed by atoms with Gasteiger partial charge in [0.2, 0.25) is 0 Å². The number of hydrogen-bond donors (Lipinski definition) is 1. The number of esters is 1. The third kappa shape index (κ3) is 4.82. The molecule has 4 aromatic rings. The first-order valence-electron chi connectivity index (χ1n) is 12.5. The molecule has 1 aliphatic rings. The molecule has 196 valence electrons. The molecule has 0 bridgehead atoms. The van der Waals surface area contributed by atoms with Crippen LogP contribution in [-0.2, 0) is 14.3 Å². The number of fused-ring (bicyclic) bond motifs is 2. The topological polar surface area (TPSA) is 94.9 Å². The third-order valence-corrected chi connectivity index (χ3v) is 7.33. The number of allylic oxidation sites excluding steroid dienone is 1. The maximum atomic E-state index is 14.0. The van der Waals surface area contributed by atoms with Crippen LogP contribution in [0.3, 0.4) is 0 Å². The van der Waals surface area contributed by atoms with Gasteiger partial charge in [0.15, 0.2) is 4.80 Å². The summed E-state index contributed by atoms with van der Waals surface area (Å²) in [5, 5.41) is 1.02. The van der Waals surface area contributed by atoms with Gasteiger partial charge in [-0.25, -0.2) is 9.79 Å². The van der Waals surface area contributed by atoms with Gasteiger partial charge in [0, 0.05) is 35.3 Å². The van der Waals surface area contributed by atoms with Crippen LogP contribution >= 0.6 is 11.3 Å². The van der Waals surface area contributed by atoms with E-state index in [0.29, 0.717) is 38.5 Å². The molecule has 5 rings (SSSR count). The van der Waals surface area contributed by atoms with Crippen LogP contribution in [0.25, 0.3) is 17.0 Å². The highest BCUT2D eigenvalue weighted by Gasteiger charge is 2.35. The Bertz CT molecular complexity index is 1690. The lowest BCUT2D eigenvalue weighted by Gasteiger charge is -2.26. The summed E-state index contributed by atoms with van der Waals surface area (Å²) in [7, 11) is 1.54. The number of carbonyl (C=O) groups excluding carboxylic acids is 1. The zero-order valence-corrected chi connectivity index (χ0v) is 22.3. The van der Waals surface area contributed by atoms with Gasteiger partial charge in [0.1, 0.15) is 18.4 Å². The Hall–Kier alpha value is -3.95. The first-order chi connectivity index (χ1) is 18.5. The van der Waals surface area contributed by atoms with Gasteiger partial charge in [0.05, 0.1) is 29.0 Å². The van der Waals surface area contributed by atoms with Crippen molar-refractivity contribution in [3.63, 3.8) is 0 Å². The summed E-state index contributed by atoms with van der Waals surface area (Å²) < 4.78 is 18.7. The molecule has 0 aliphatic carbocycles. The van der Waals surface area contributed by atoms with Crippen molar-refractivity contribution in [2.75, 3.05) is 26.9 Å². The van der Waals surface area contributed by atoms with Gasteiger partial charge in [-0.15, -0.1) is 0 Å². The van der Waals surface area contributed by atoms with Crippen LogP contribution in [0.2, 0.25) is 0 Å². The van der Waals surface area contributed by atoms with Gasteiger partial charge in [-0.2, -0.15) is 0 Å². The molecule has 3 heterocycles. The van der Waals surface area contributed by atoms with E-state index in [2.05, 4.69) is 9.98 Å². The Morgan fingerprint density at radius 2 is 1.92 bits per heavy atom. The van der Waals surface area contributed by atoms with Crippen LogP contribution in [0.4, 0.5) is 0 Å². The molecule has 1 aliphatic heterocycles. The van der Waals surface area contributed by atoms with E-state index in [9.17, 15) is 9.59 Å². The normalized spacial score (nSPS) is 15.4. The standard InChI is InChI=1S/C29H29N3O5S/c1-4-13-36-23-12-8-6-10-21(23)26-25(28(34)37-15-14-35-3)18(2)31-29-32(26)27(33)24(38-29)16-19-17-30-22-11-7-5-9-20(19)22/h5-12,16-17,26,30H,4,13-15H2,1-3H3/b24-16+/t26-/m1/s1. The molecule has 0 spiro atoms. The largest absolute Gasteiger partial charge is 0.493 e. The first-order valence-corrected chi connectivity index (χ1v) is 13.3. The fourth-order valence-electron chi connectivity index (χ4n) is 4.58. The van der Waals surface area contributed by atoms with Crippen molar-refractivity contribution in [3.8, 4) is 5.75 Å². The monoisotopic (exact) mass is 531 g/mol. The lowest BCUT2D eigenvalue weighted by molar-refractivity contribution is -0.140. The van der Waals surface area contributed by atoms with Gasteiger partial charge >= 0.3 is 5.97 Å². The quantitative estimate of drug-likeness (QED) is 0.263. The Balaban J connectivity index is 1.70. The van der Waals surface area contributed by atoms with Crippen molar-refractivity contribution in [2.24, 2.45) is 4.99 Å². The maximum absolute atomic E-state index is 14.0. The fraction of sp³-hybridized carbons (Fsp3) is 0.276. The Morgan fingerprint density at radius 1 is 1.13 bits per heavy atom. The van der Waals surface area contributed by atoms with Gasteiger partial charge in [-0.05, 0) is 31.6 Å². The van der Waals surface area contributed by atoms with E-state index in [0.717, 1.165) is 22.9 Å². The summed E-state index contributed by atoms with van der Waals surface area (Å²) in [4.78, 5) is 35.8. The molecule has 0 saturated heterocycles. The molecule has 38 heavy (non-hydrogen) atoms. The third-order valence-electron chi connectivity index (χ3n) is 6.35. The highest BCUT2D eigenvalue weighted by Crippen LogP contribution is 2.36. The van der Waals surface area contributed by atoms with Gasteiger partial charge in [-0.3, -0.25) is 9.36 Å². The number of ether oxygens (including phenoxy) is 3. The van der Waals surface area contributed by atoms with Crippen molar-refractivity contribution >= 4 is 34.3 Å². The van der Waals surface area contributed by atoms with E-state index in [-0.39, 0.29) is 18.8 Å². The van der Waals surface area contributed by atoms with Crippen molar-refractivity contribution in [3.05, 3.63) is 96.8 Å². The number of aromatic amines is 1. The second kappa shape index (κ2) is 11.2. The highest BCUT2D eigenvalue weighted by molar-refractivity contribution is 7.07. The summed E-state index contributed by atoms with van der Waals surface area (Å²) in [6, 6.07) is 14.7. The molecule has 9 heteroatoms. The van der Waals surface area contributed by atoms with Gasteiger partial charge in [-0.1, -0.05) is 54.7 Å². The predicted molar refractivity (Wildman–Crippen MR) is 147 cm³/mol. The van der Waals surface area contributed by atoms with E-state index >= 15 is 0 Å². The van der Waals surface area contributed by atoms with Crippen molar-refractivity contribution in [2.45, 2.75) is 26.3 Å². The number of thiazole rings is 1. The molecule has 8 nitrogen and oxygen atoms in total. The number of hydrogen-bond acceptors (Lipinski definition) is 7. The Kier molecular flexibility index (Phi) is 7.57. The zero-order chi connectivity index (χ0) is 26.6. The lowest BCUT2D eigenvalue weighted by atomic mass is 9.95. The number of methoxy groups -OCH3 is 1. The number of nitrogens with one attached hydrogen (secondary N) is 1. The molecule has 2 aromatic heterocycles. The number of rotatable bonds is 9. The smallest absolute Gasteiger partial charge is 0.338 e. The lowest BCUT2D eigenvalue weighted by Crippen LogP contribution is -2.40. The number of benzene rings is 2. The average Bonchev–Trinajstić information content (AvgIpc) is 3.47. The van der Waals surface area contributed by atoms with Crippen LogP contribution in [0.15, 0.2) is 75.8 Å². The van der Waals surface area contributed by atoms with Crippen LogP contribution in [0.5, 0.6) is 5.75 Å². The van der Waals surface area contributed by atoms with E-state index < -0.39 is 12.0 Å². The van der Waals surface area contributed by atoms with Crippen LogP contribution in [-0.4, -0.2) is 42.5 Å². The Morgan fingerprint density at radius 3 is 2.74 bits per heavy atom. The summed E-state index contributed by atoms with van der Waals surface area (Å²) >= 11 is 1.30. The molecule has 0 saturated carbocycles. The second-order valence-corrected chi connectivity index (χ2v) is 9.90. The molecule has 1 atom stereocenters. The van der Waals surface area contributed by atoms with Crippen molar-refractivity contribution in [1.29, 1.82) is 0 Å². The molecule has 0 unspecified atom stereocenters. The number of H-pyrrole nitrogens is 1. The predicted octanol–water partition coefficient (Wildman–Crippen LogP) is 3.69. The van der Waals surface area contributed by atoms with E-state index in [4.69, 9.17) is 14.2 Å². The number of para-hydroxylation sites is 2. The molecule has 0 amide bonds. The average molecular weight is 532 g/mol. The van der Waals surface area contributed by atoms with Gasteiger partial charge in [0.25, 0.3) is 5.56 Å². The summed E-state index contributed by atoms with van der Waals surface area (Å²) in [6.45, 7) is 4.67. The van der Waals surface area contributed by atoms with Crippen molar-refractivity contribution in [1.82, 2.24) is 9.55 Å². The maximum Gasteiger partial charge on any atom is 0.338 e. The molecule has 2 aromatic carbocycles. The Labute approximate surface area is 223 Å². The number of aromatic nitrogens is 2. The molecular weight excluding hydrogens is 502 g/mol. The van der Waals surface area contributed by atoms with E-state index in [1.165, 1.54) is 11.3 Å². The molecule has 1 N–H and O–H groups in total. The first kappa shape index (κ1) is 25.7. The van der Waals surface area contributed by atoms with E-state index in [1.807, 2.05) is 67.7 Å². The van der Waals surface area contributed by atoms with Crippen LogP contribution < -0.4 is 19.6 Å². The minimum Gasteiger partial charge on any atom is -0.493 e. The summed E-state index contributed by atoms with van der Waals surface area (Å²) in [5.41, 5.74) is 3.17. The molecular formula is C29H29N3O5S. The van der Waals surface area contributed by atoms with Crippen molar-refractivity contribution < 1.29 is 19.0 Å². The van der Waals surface area contributed by atoms with E-state index in [1.54, 1.807) is 18.6 Å². The second-order valence-electron chi connectivity index (χ2n) is 8.89. The summed E-state index contributed by atoms with van der Waals surface area (Å²) in [5.74, 6) is 0.0759. The SMILES string of the molecule is CCCOc1ccccc1[C@@H]1C(C(=O)OCCOC)=C(C)N=c2s/c(=C/c3c[nH]c4ccccc34)c(=O)n21. The minimum atomic E-state index is -0.750. The van der Waals surface area contributed by atoms with Crippen LogP contribution in [0, 0.1) is 0 Å². The zero-order valence-electron chi connectivity index (χ0n) is 21.5. The highest BCUT2D eigenvalue weighted by atomic mass is 32.1. The summed E-state index contributed by atoms with van der Waals surface area (Å²) in [6.07, 6.45) is 4.58. The van der Waals surface area contributed by atoms with Crippen LogP contribution in [0.1, 0.15) is 37.4 Å². The number of nitrogens with zero attached hydrogens (tertiary/aromatic N) is 2. The minimum absolute atomic E-state index is 0.0950. The number of carbonyl (C=O) groups is 1. The van der Waals surface area contributed by atoms with Gasteiger partial charge < -0.3 is 19.2 Å².